The molecule has 1 atom stereocenters. The number of hydrogen-bond acceptors (Lipinski definition) is 3. The number of rotatable bonds is 8. The fraction of sp³-hybridized carbons (Fsp3) is 0.269. The van der Waals surface area contributed by atoms with Crippen LogP contribution in [0.2, 0.25) is 0 Å². The van der Waals surface area contributed by atoms with Crippen LogP contribution in [-0.2, 0) is 14.8 Å². The summed E-state index contributed by atoms with van der Waals surface area (Å²) in [7, 11) is -3.93. The highest BCUT2D eigenvalue weighted by atomic mass is 32.2. The number of anilines is 1. The Morgan fingerprint density at radius 1 is 0.844 bits per heavy atom. The van der Waals surface area contributed by atoms with Gasteiger partial charge in [-0.25, -0.2) is 8.42 Å². The molecule has 0 heterocycles. The number of carbonyl (C=O) groups is 1. The molecule has 0 spiro atoms. The zero-order valence-corrected chi connectivity index (χ0v) is 19.8. The van der Waals surface area contributed by atoms with Crippen LogP contribution in [0, 0.1) is 6.92 Å². The van der Waals surface area contributed by atoms with Gasteiger partial charge in [0.15, 0.2) is 0 Å². The van der Waals surface area contributed by atoms with Gasteiger partial charge in [-0.1, -0.05) is 74.0 Å². The van der Waals surface area contributed by atoms with Crippen LogP contribution in [0.1, 0.15) is 49.4 Å². The Hall–Kier alpha value is -3.12. The first kappa shape index (κ1) is 23.5. The first-order valence-corrected chi connectivity index (χ1v) is 12.2. The largest absolute Gasteiger partial charge is 0.348 e. The van der Waals surface area contributed by atoms with E-state index in [0.29, 0.717) is 11.6 Å². The lowest BCUT2D eigenvalue weighted by Gasteiger charge is -2.25. The molecule has 3 aromatic rings. The number of nitrogens with one attached hydrogen (secondary N) is 1. The van der Waals surface area contributed by atoms with Gasteiger partial charge in [0, 0.05) is 0 Å². The average Bonchev–Trinajstić information content (AvgIpc) is 2.78. The molecule has 1 unspecified atom stereocenters. The first-order chi connectivity index (χ1) is 15.2. The molecule has 6 heteroatoms. The molecule has 0 aliphatic rings. The van der Waals surface area contributed by atoms with Crippen LogP contribution in [0.3, 0.4) is 0 Å². The molecule has 32 heavy (non-hydrogen) atoms. The molecule has 0 bridgehead atoms. The number of sulfonamides is 1. The van der Waals surface area contributed by atoms with E-state index in [1.54, 1.807) is 36.4 Å². The summed E-state index contributed by atoms with van der Waals surface area (Å²) in [5, 5.41) is 2.91. The monoisotopic (exact) mass is 450 g/mol. The van der Waals surface area contributed by atoms with E-state index in [1.807, 2.05) is 56.3 Å². The SMILES string of the molecule is Cc1ccc(S(=O)(=O)N(CC(=O)NC(C)c2ccccc2)c2ccc(C(C)C)cc2)cc1. The van der Waals surface area contributed by atoms with Crippen LogP contribution in [0.4, 0.5) is 5.69 Å². The maximum Gasteiger partial charge on any atom is 0.264 e. The summed E-state index contributed by atoms with van der Waals surface area (Å²) >= 11 is 0. The van der Waals surface area contributed by atoms with Crippen molar-refractivity contribution in [3.05, 3.63) is 95.6 Å². The molecule has 168 valence electrons. The number of nitrogens with zero attached hydrogens (tertiary/aromatic N) is 1. The van der Waals surface area contributed by atoms with E-state index >= 15 is 0 Å². The van der Waals surface area contributed by atoms with E-state index in [0.717, 1.165) is 16.7 Å². The first-order valence-electron chi connectivity index (χ1n) is 10.7. The fourth-order valence-electron chi connectivity index (χ4n) is 3.42. The van der Waals surface area contributed by atoms with Gasteiger partial charge >= 0.3 is 0 Å². The third kappa shape index (κ3) is 5.56. The molecule has 3 rings (SSSR count). The smallest absolute Gasteiger partial charge is 0.264 e. The second kappa shape index (κ2) is 10.0. The van der Waals surface area contributed by atoms with Crippen LogP contribution >= 0.6 is 0 Å². The highest BCUT2D eigenvalue weighted by Crippen LogP contribution is 2.26. The molecule has 0 saturated carbocycles. The third-order valence-electron chi connectivity index (χ3n) is 5.42. The van der Waals surface area contributed by atoms with Gasteiger partial charge in [0.2, 0.25) is 5.91 Å². The lowest BCUT2D eigenvalue weighted by atomic mass is 10.0. The van der Waals surface area contributed by atoms with Crippen LogP contribution in [0.25, 0.3) is 0 Å². The summed E-state index contributed by atoms with van der Waals surface area (Å²) in [5.41, 5.74) is 3.47. The minimum absolute atomic E-state index is 0.153. The molecule has 1 N–H and O–H groups in total. The summed E-state index contributed by atoms with van der Waals surface area (Å²) in [6.45, 7) is 7.62. The van der Waals surface area contributed by atoms with E-state index in [4.69, 9.17) is 0 Å². The summed E-state index contributed by atoms with van der Waals surface area (Å²) < 4.78 is 28.2. The Bertz CT molecular complexity index is 1140. The Kier molecular flexibility index (Phi) is 7.36. The van der Waals surface area contributed by atoms with E-state index < -0.39 is 10.0 Å². The van der Waals surface area contributed by atoms with Crippen molar-refractivity contribution in [1.82, 2.24) is 5.32 Å². The lowest BCUT2D eigenvalue weighted by molar-refractivity contribution is -0.120. The van der Waals surface area contributed by atoms with Crippen molar-refractivity contribution in [2.24, 2.45) is 0 Å². The van der Waals surface area contributed by atoms with Crippen molar-refractivity contribution in [1.29, 1.82) is 0 Å². The van der Waals surface area contributed by atoms with E-state index in [-0.39, 0.29) is 23.4 Å². The highest BCUT2D eigenvalue weighted by molar-refractivity contribution is 7.92. The normalized spacial score (nSPS) is 12.4. The van der Waals surface area contributed by atoms with Crippen LogP contribution in [-0.4, -0.2) is 20.9 Å². The second-order valence-corrected chi connectivity index (χ2v) is 10.1. The minimum Gasteiger partial charge on any atom is -0.348 e. The highest BCUT2D eigenvalue weighted by Gasteiger charge is 2.27. The quantitative estimate of drug-likeness (QED) is 0.513. The maximum absolute atomic E-state index is 13.5. The molecular weight excluding hydrogens is 420 g/mol. The minimum atomic E-state index is -3.93. The Morgan fingerprint density at radius 2 is 1.44 bits per heavy atom. The summed E-state index contributed by atoms with van der Waals surface area (Å²) in [6.07, 6.45) is 0. The average molecular weight is 451 g/mol. The van der Waals surface area contributed by atoms with Crippen LogP contribution in [0.5, 0.6) is 0 Å². The lowest BCUT2D eigenvalue weighted by Crippen LogP contribution is -2.41. The predicted molar refractivity (Wildman–Crippen MR) is 129 cm³/mol. The van der Waals surface area contributed by atoms with Gasteiger partial charge in [0.05, 0.1) is 16.6 Å². The van der Waals surface area contributed by atoms with Crippen molar-refractivity contribution in [2.75, 3.05) is 10.8 Å². The Balaban J connectivity index is 1.91. The summed E-state index contributed by atoms with van der Waals surface area (Å²) in [5.74, 6) is -0.0498. The summed E-state index contributed by atoms with van der Waals surface area (Å²) in [4.78, 5) is 13.1. The van der Waals surface area contributed by atoms with Crippen LogP contribution in [0.15, 0.2) is 83.8 Å². The number of hydrogen-bond donors (Lipinski definition) is 1. The van der Waals surface area contributed by atoms with Crippen molar-refractivity contribution >= 4 is 21.6 Å². The zero-order valence-electron chi connectivity index (χ0n) is 18.9. The van der Waals surface area contributed by atoms with Gasteiger partial charge in [-0.2, -0.15) is 0 Å². The van der Waals surface area contributed by atoms with Crippen molar-refractivity contribution in [3.63, 3.8) is 0 Å². The van der Waals surface area contributed by atoms with E-state index in [2.05, 4.69) is 19.2 Å². The van der Waals surface area contributed by atoms with Gasteiger partial charge in [-0.15, -0.1) is 0 Å². The van der Waals surface area contributed by atoms with E-state index in [1.165, 1.54) is 4.31 Å². The molecule has 0 aliphatic heterocycles. The van der Waals surface area contributed by atoms with Crippen molar-refractivity contribution < 1.29 is 13.2 Å². The number of carbonyl (C=O) groups excluding carboxylic acids is 1. The number of benzene rings is 3. The molecule has 5 nitrogen and oxygen atoms in total. The molecule has 0 radical (unpaired) electrons. The van der Waals surface area contributed by atoms with Gasteiger partial charge < -0.3 is 5.32 Å². The molecule has 0 aromatic heterocycles. The number of aryl methyl sites for hydroxylation is 1. The van der Waals surface area contributed by atoms with Crippen LogP contribution < -0.4 is 9.62 Å². The Labute approximate surface area is 191 Å². The standard InChI is InChI=1S/C26H30N2O3S/c1-19(2)22-12-14-24(15-13-22)28(32(30,31)25-16-10-20(3)11-17-25)18-26(29)27-21(4)23-8-6-5-7-9-23/h5-17,19,21H,18H2,1-4H3,(H,27,29). The third-order valence-corrected chi connectivity index (χ3v) is 7.21. The molecule has 0 saturated heterocycles. The number of amides is 1. The molecule has 1 amide bonds. The van der Waals surface area contributed by atoms with Gasteiger partial charge in [0.1, 0.15) is 6.54 Å². The Morgan fingerprint density at radius 3 is 2.00 bits per heavy atom. The topological polar surface area (TPSA) is 66.5 Å². The summed E-state index contributed by atoms with van der Waals surface area (Å²) in [6, 6.07) is 23.3. The fourth-order valence-corrected chi connectivity index (χ4v) is 4.84. The second-order valence-electron chi connectivity index (χ2n) is 8.27. The predicted octanol–water partition coefficient (Wildman–Crippen LogP) is 5.19. The zero-order chi connectivity index (χ0) is 23.3. The molecule has 3 aromatic carbocycles. The van der Waals surface area contributed by atoms with Gasteiger partial charge in [0.25, 0.3) is 10.0 Å². The maximum atomic E-state index is 13.5. The van der Waals surface area contributed by atoms with Gasteiger partial charge in [-0.3, -0.25) is 9.10 Å². The molecule has 0 aliphatic carbocycles. The van der Waals surface area contributed by atoms with Gasteiger partial charge in [-0.05, 0) is 55.2 Å². The molecular formula is C26H30N2O3S. The van der Waals surface area contributed by atoms with E-state index in [9.17, 15) is 13.2 Å². The van der Waals surface area contributed by atoms with Crippen molar-refractivity contribution in [2.45, 2.75) is 44.6 Å². The molecule has 0 fully saturated rings. The van der Waals surface area contributed by atoms with Crippen molar-refractivity contribution in [3.8, 4) is 0 Å².